The Kier molecular flexibility index (Phi) is 2.77. The summed E-state index contributed by atoms with van der Waals surface area (Å²) in [6, 6.07) is 0. The molecular weight excluding hydrogens is 76.1 g/mol. The van der Waals surface area contributed by atoms with E-state index in [-0.39, 0.29) is 6.10 Å². The van der Waals surface area contributed by atoms with Crippen molar-refractivity contribution in [3.05, 3.63) is 12.2 Å². The lowest BCUT2D eigenvalue weighted by molar-refractivity contribution is 0.244. The highest BCUT2D eigenvalue weighted by Gasteiger charge is 1.78. The van der Waals surface area contributed by atoms with Crippen LogP contribution in [0.3, 0.4) is 0 Å². The van der Waals surface area contributed by atoms with Crippen LogP contribution in [-0.4, -0.2) is 11.2 Å². The van der Waals surface area contributed by atoms with Gasteiger partial charge in [-0.2, -0.15) is 0 Å². The van der Waals surface area contributed by atoms with Crippen LogP contribution in [0.2, 0.25) is 0 Å². The molecule has 0 aliphatic heterocycles. The van der Waals surface area contributed by atoms with Crippen molar-refractivity contribution in [1.82, 2.24) is 0 Å². The number of aliphatic hydroxyl groups is 1. The van der Waals surface area contributed by atoms with Crippen LogP contribution < -0.4 is 0 Å². The number of aliphatic hydroxyl groups excluding tert-OH is 1. The van der Waals surface area contributed by atoms with Crippen LogP contribution >= 0.6 is 0 Å². The van der Waals surface area contributed by atoms with E-state index in [0.717, 1.165) is 0 Å². The minimum absolute atomic E-state index is 0.282. The van der Waals surface area contributed by atoms with E-state index in [1.54, 1.807) is 13.0 Å². The van der Waals surface area contributed by atoms with Gasteiger partial charge in [-0.25, -0.2) is 0 Å². The van der Waals surface area contributed by atoms with Crippen LogP contribution in [0.5, 0.6) is 0 Å². The van der Waals surface area contributed by atoms with Gasteiger partial charge in [0.05, 0.1) is 6.10 Å². The molecule has 0 spiro atoms. The van der Waals surface area contributed by atoms with Crippen LogP contribution in [0, 0.1) is 0 Å². The molecule has 0 aliphatic rings. The molecule has 1 N–H and O–H groups in total. The average molecular weight is 86.1 g/mol. The summed E-state index contributed by atoms with van der Waals surface area (Å²) < 4.78 is 0. The molecule has 36 valence electrons. The van der Waals surface area contributed by atoms with Gasteiger partial charge in [0.2, 0.25) is 0 Å². The predicted octanol–water partition coefficient (Wildman–Crippen LogP) is 0.943. The molecule has 0 amide bonds. The zero-order chi connectivity index (χ0) is 4.99. The summed E-state index contributed by atoms with van der Waals surface area (Å²) in [5.41, 5.74) is 0. The monoisotopic (exact) mass is 86.1 g/mol. The Bertz CT molecular complexity index is 45.9. The molecule has 0 saturated heterocycles. The van der Waals surface area contributed by atoms with Crippen LogP contribution in [0.1, 0.15) is 13.8 Å². The van der Waals surface area contributed by atoms with Crippen molar-refractivity contribution in [3.8, 4) is 0 Å². The van der Waals surface area contributed by atoms with Crippen molar-refractivity contribution >= 4 is 0 Å². The van der Waals surface area contributed by atoms with Crippen molar-refractivity contribution in [2.75, 3.05) is 0 Å². The largest absolute Gasteiger partial charge is 0.389 e. The van der Waals surface area contributed by atoms with Gasteiger partial charge in [-0.15, -0.1) is 0 Å². The Labute approximate surface area is 38.3 Å². The SMILES string of the molecule is CC=C[C@@H](C)O. The summed E-state index contributed by atoms with van der Waals surface area (Å²) in [7, 11) is 0. The summed E-state index contributed by atoms with van der Waals surface area (Å²) in [6.07, 6.45) is 3.26. The standard InChI is InChI=1S/C5H10O/c1-3-4-5(2)6/h3-6H,1-2H3/t5-/m1/s1. The maximum Gasteiger partial charge on any atom is 0.0692 e. The number of hydrogen-bond acceptors (Lipinski definition) is 1. The lowest BCUT2D eigenvalue weighted by Gasteiger charge is -1.87. The molecule has 0 aromatic carbocycles. The molecule has 1 nitrogen and oxygen atoms in total. The fourth-order valence-electron chi connectivity index (χ4n) is 0.279. The molecule has 0 aromatic heterocycles. The molecule has 0 aromatic rings. The third-order valence-electron chi connectivity index (χ3n) is 0.471. The lowest BCUT2D eigenvalue weighted by atomic mass is 10.4. The summed E-state index contributed by atoms with van der Waals surface area (Å²) in [6.45, 7) is 3.60. The van der Waals surface area contributed by atoms with Gasteiger partial charge >= 0.3 is 0 Å². The van der Waals surface area contributed by atoms with E-state index in [2.05, 4.69) is 0 Å². The summed E-state index contributed by atoms with van der Waals surface area (Å²) >= 11 is 0. The fourth-order valence-corrected chi connectivity index (χ4v) is 0.279. The van der Waals surface area contributed by atoms with E-state index >= 15 is 0 Å². The first-order valence-electron chi connectivity index (χ1n) is 2.08. The first-order chi connectivity index (χ1) is 2.77. The topological polar surface area (TPSA) is 20.2 Å². The summed E-state index contributed by atoms with van der Waals surface area (Å²) in [4.78, 5) is 0. The van der Waals surface area contributed by atoms with Gasteiger partial charge in [0.15, 0.2) is 0 Å². The quantitative estimate of drug-likeness (QED) is 0.471. The third-order valence-corrected chi connectivity index (χ3v) is 0.471. The fraction of sp³-hybridized carbons (Fsp3) is 0.600. The molecule has 6 heavy (non-hydrogen) atoms. The maximum absolute atomic E-state index is 8.47. The van der Waals surface area contributed by atoms with Gasteiger partial charge < -0.3 is 5.11 Å². The number of rotatable bonds is 1. The molecule has 0 unspecified atom stereocenters. The smallest absolute Gasteiger partial charge is 0.0692 e. The highest BCUT2D eigenvalue weighted by atomic mass is 16.3. The molecule has 0 rings (SSSR count). The summed E-state index contributed by atoms with van der Waals surface area (Å²) in [5, 5.41) is 8.47. The highest BCUT2D eigenvalue weighted by Crippen LogP contribution is 1.78. The van der Waals surface area contributed by atoms with Gasteiger partial charge in [0, 0.05) is 0 Å². The third kappa shape index (κ3) is 3.70. The van der Waals surface area contributed by atoms with Crippen molar-refractivity contribution in [2.45, 2.75) is 20.0 Å². The molecule has 1 heteroatoms. The van der Waals surface area contributed by atoms with Crippen molar-refractivity contribution in [2.24, 2.45) is 0 Å². The molecule has 1 atom stereocenters. The Hall–Kier alpha value is -0.300. The van der Waals surface area contributed by atoms with Gasteiger partial charge in [-0.05, 0) is 13.8 Å². The number of allylic oxidation sites excluding steroid dienone is 1. The number of hydrogen-bond donors (Lipinski definition) is 1. The van der Waals surface area contributed by atoms with Gasteiger partial charge in [-0.1, -0.05) is 12.2 Å². The first-order valence-corrected chi connectivity index (χ1v) is 2.08. The van der Waals surface area contributed by atoms with E-state index in [9.17, 15) is 0 Å². The first kappa shape index (κ1) is 5.70. The van der Waals surface area contributed by atoms with Gasteiger partial charge in [-0.3, -0.25) is 0 Å². The van der Waals surface area contributed by atoms with Gasteiger partial charge in [0.25, 0.3) is 0 Å². The van der Waals surface area contributed by atoms with E-state index < -0.39 is 0 Å². The van der Waals surface area contributed by atoms with Crippen LogP contribution in [0.15, 0.2) is 12.2 Å². The van der Waals surface area contributed by atoms with Crippen LogP contribution in [-0.2, 0) is 0 Å². The molecular formula is C5H10O. The Morgan fingerprint density at radius 1 is 1.67 bits per heavy atom. The Morgan fingerprint density at radius 3 is 2.17 bits per heavy atom. The van der Waals surface area contributed by atoms with Crippen molar-refractivity contribution < 1.29 is 5.11 Å². The molecule has 0 heterocycles. The molecule has 0 saturated carbocycles. The Morgan fingerprint density at radius 2 is 2.17 bits per heavy atom. The highest BCUT2D eigenvalue weighted by molar-refractivity contribution is 4.81. The van der Waals surface area contributed by atoms with E-state index in [0.29, 0.717) is 0 Å². The molecule has 0 aliphatic carbocycles. The average Bonchev–Trinajstić information content (AvgIpc) is 1.35. The lowest BCUT2D eigenvalue weighted by Crippen LogP contribution is -1.89. The Balaban J connectivity index is 3.03. The van der Waals surface area contributed by atoms with E-state index in [4.69, 9.17) is 5.11 Å². The van der Waals surface area contributed by atoms with Crippen LogP contribution in [0.25, 0.3) is 0 Å². The second kappa shape index (κ2) is 2.91. The minimum Gasteiger partial charge on any atom is -0.389 e. The van der Waals surface area contributed by atoms with Gasteiger partial charge in [0.1, 0.15) is 0 Å². The molecule has 0 radical (unpaired) electrons. The zero-order valence-electron chi connectivity index (χ0n) is 4.18. The molecule has 0 fully saturated rings. The van der Waals surface area contributed by atoms with Crippen molar-refractivity contribution in [1.29, 1.82) is 0 Å². The molecule has 0 bridgehead atoms. The normalized spacial score (nSPS) is 15.8. The minimum atomic E-state index is -0.282. The van der Waals surface area contributed by atoms with Crippen LogP contribution in [0.4, 0.5) is 0 Å². The predicted molar refractivity (Wildman–Crippen MR) is 26.5 cm³/mol. The second-order valence-electron chi connectivity index (χ2n) is 1.27. The van der Waals surface area contributed by atoms with E-state index in [1.165, 1.54) is 0 Å². The second-order valence-corrected chi connectivity index (χ2v) is 1.27. The maximum atomic E-state index is 8.47. The summed E-state index contributed by atoms with van der Waals surface area (Å²) in [5.74, 6) is 0. The van der Waals surface area contributed by atoms with Crippen molar-refractivity contribution in [3.63, 3.8) is 0 Å². The zero-order valence-corrected chi connectivity index (χ0v) is 4.18. The van der Waals surface area contributed by atoms with E-state index in [1.807, 2.05) is 13.0 Å².